The molecule has 96 valence electrons. The summed E-state index contributed by atoms with van der Waals surface area (Å²) in [4.78, 5) is 11.6. The third-order valence-electron chi connectivity index (χ3n) is 3.47. The second-order valence-corrected chi connectivity index (χ2v) is 4.98. The molecule has 3 nitrogen and oxygen atoms in total. The standard InChI is InChI=1S/C16H16N2O/c1-10(17)16(19)18-13-6-7-15-12(9-13)8-11-4-2-3-5-14(11)15/h2-7,9-10H,8,17H2,1H3,(H,18,19)/t10-/m1/s1. The minimum Gasteiger partial charge on any atom is -0.325 e. The lowest BCUT2D eigenvalue weighted by atomic mass is 10.1. The molecule has 0 aromatic heterocycles. The molecule has 3 N–H and O–H groups in total. The van der Waals surface area contributed by atoms with Crippen LogP contribution >= 0.6 is 0 Å². The number of carbonyl (C=O) groups is 1. The summed E-state index contributed by atoms with van der Waals surface area (Å²) in [6.07, 6.45) is 0.924. The van der Waals surface area contributed by atoms with Crippen LogP contribution < -0.4 is 11.1 Å². The molecule has 0 aliphatic heterocycles. The highest BCUT2D eigenvalue weighted by molar-refractivity contribution is 5.95. The molecule has 3 heteroatoms. The van der Waals surface area contributed by atoms with Gasteiger partial charge in [-0.15, -0.1) is 0 Å². The Morgan fingerprint density at radius 3 is 2.68 bits per heavy atom. The van der Waals surface area contributed by atoms with E-state index in [-0.39, 0.29) is 5.91 Å². The van der Waals surface area contributed by atoms with E-state index in [9.17, 15) is 4.79 Å². The lowest BCUT2D eigenvalue weighted by molar-refractivity contribution is -0.117. The van der Waals surface area contributed by atoms with E-state index in [0.717, 1.165) is 12.1 Å². The smallest absolute Gasteiger partial charge is 0.240 e. The minimum atomic E-state index is -0.495. The molecule has 0 bridgehead atoms. The van der Waals surface area contributed by atoms with Gasteiger partial charge in [-0.2, -0.15) is 0 Å². The van der Waals surface area contributed by atoms with E-state index in [1.165, 1.54) is 22.3 Å². The maximum atomic E-state index is 11.6. The Morgan fingerprint density at radius 1 is 1.16 bits per heavy atom. The summed E-state index contributed by atoms with van der Waals surface area (Å²) in [7, 11) is 0. The van der Waals surface area contributed by atoms with Gasteiger partial charge >= 0.3 is 0 Å². The Bertz CT molecular complexity index is 647. The predicted molar refractivity (Wildman–Crippen MR) is 77.0 cm³/mol. The van der Waals surface area contributed by atoms with Crippen LogP contribution in [-0.2, 0) is 11.2 Å². The molecule has 1 atom stereocenters. The van der Waals surface area contributed by atoms with Gasteiger partial charge in [0.2, 0.25) is 5.91 Å². The second-order valence-electron chi connectivity index (χ2n) is 4.98. The van der Waals surface area contributed by atoms with Crippen LogP contribution in [0.1, 0.15) is 18.1 Å². The number of carbonyl (C=O) groups excluding carboxylic acids is 1. The Labute approximate surface area is 112 Å². The summed E-state index contributed by atoms with van der Waals surface area (Å²) >= 11 is 0. The number of hydrogen-bond donors (Lipinski definition) is 2. The summed E-state index contributed by atoms with van der Waals surface area (Å²) in [5.41, 5.74) is 11.5. The van der Waals surface area contributed by atoms with Gasteiger partial charge in [0.1, 0.15) is 0 Å². The number of hydrogen-bond acceptors (Lipinski definition) is 2. The third-order valence-corrected chi connectivity index (χ3v) is 3.47. The average molecular weight is 252 g/mol. The molecule has 0 saturated carbocycles. The topological polar surface area (TPSA) is 55.1 Å². The van der Waals surface area contributed by atoms with Crippen LogP contribution in [0.3, 0.4) is 0 Å². The predicted octanol–water partition coefficient (Wildman–Crippen LogP) is 2.54. The van der Waals surface area contributed by atoms with Gasteiger partial charge in [-0.25, -0.2) is 0 Å². The van der Waals surface area contributed by atoms with Crippen molar-refractivity contribution in [3.63, 3.8) is 0 Å². The number of nitrogens with two attached hydrogens (primary N) is 1. The van der Waals surface area contributed by atoms with Gasteiger partial charge in [0.25, 0.3) is 0 Å². The Kier molecular flexibility index (Phi) is 2.84. The molecule has 2 aromatic rings. The van der Waals surface area contributed by atoms with E-state index in [1.54, 1.807) is 6.92 Å². The van der Waals surface area contributed by atoms with E-state index in [2.05, 4.69) is 35.6 Å². The van der Waals surface area contributed by atoms with Gasteiger partial charge in [0, 0.05) is 5.69 Å². The zero-order valence-electron chi connectivity index (χ0n) is 10.8. The maximum absolute atomic E-state index is 11.6. The van der Waals surface area contributed by atoms with Crippen molar-refractivity contribution in [2.45, 2.75) is 19.4 Å². The van der Waals surface area contributed by atoms with Crippen LogP contribution in [0.25, 0.3) is 11.1 Å². The molecule has 0 heterocycles. The molecule has 1 aliphatic carbocycles. The highest BCUT2D eigenvalue weighted by atomic mass is 16.2. The first-order valence-corrected chi connectivity index (χ1v) is 6.43. The van der Waals surface area contributed by atoms with Crippen molar-refractivity contribution in [1.29, 1.82) is 0 Å². The lowest BCUT2D eigenvalue weighted by Crippen LogP contribution is -2.32. The summed E-state index contributed by atoms with van der Waals surface area (Å²) in [5.74, 6) is -0.157. The summed E-state index contributed by atoms with van der Waals surface area (Å²) < 4.78 is 0. The fourth-order valence-electron chi connectivity index (χ4n) is 2.48. The zero-order chi connectivity index (χ0) is 13.4. The van der Waals surface area contributed by atoms with E-state index in [0.29, 0.717) is 0 Å². The normalized spacial score (nSPS) is 13.6. The molecule has 3 rings (SSSR count). The fourth-order valence-corrected chi connectivity index (χ4v) is 2.48. The van der Waals surface area contributed by atoms with Gasteiger partial charge in [-0.3, -0.25) is 4.79 Å². The number of nitrogens with one attached hydrogen (secondary N) is 1. The van der Waals surface area contributed by atoms with Crippen molar-refractivity contribution in [3.8, 4) is 11.1 Å². The molecule has 0 radical (unpaired) electrons. The first-order valence-electron chi connectivity index (χ1n) is 6.43. The van der Waals surface area contributed by atoms with Crippen molar-refractivity contribution >= 4 is 11.6 Å². The number of amides is 1. The Hall–Kier alpha value is -2.13. The van der Waals surface area contributed by atoms with Gasteiger partial charge in [-0.05, 0) is 47.7 Å². The molecule has 0 saturated heterocycles. The highest BCUT2D eigenvalue weighted by Crippen LogP contribution is 2.37. The quantitative estimate of drug-likeness (QED) is 0.736. The first-order chi connectivity index (χ1) is 9.15. The minimum absolute atomic E-state index is 0.157. The van der Waals surface area contributed by atoms with Crippen LogP contribution in [-0.4, -0.2) is 11.9 Å². The summed E-state index contributed by atoms with van der Waals surface area (Å²) in [6, 6.07) is 13.9. The molecule has 2 aromatic carbocycles. The molecule has 1 amide bonds. The molecular formula is C16H16N2O. The molecule has 0 unspecified atom stereocenters. The SMILES string of the molecule is C[C@@H](N)C(=O)Nc1ccc2c(c1)Cc1ccccc1-2. The van der Waals surface area contributed by atoms with Gasteiger partial charge in [-0.1, -0.05) is 30.3 Å². The van der Waals surface area contributed by atoms with Gasteiger partial charge in [0.05, 0.1) is 6.04 Å². The zero-order valence-corrected chi connectivity index (χ0v) is 10.8. The highest BCUT2D eigenvalue weighted by Gasteiger charge is 2.18. The maximum Gasteiger partial charge on any atom is 0.240 e. The van der Waals surface area contributed by atoms with E-state index in [1.807, 2.05) is 12.1 Å². The van der Waals surface area contributed by atoms with Crippen LogP contribution in [0, 0.1) is 0 Å². The number of benzene rings is 2. The molecule has 0 spiro atoms. The van der Waals surface area contributed by atoms with Crippen LogP contribution in [0.2, 0.25) is 0 Å². The van der Waals surface area contributed by atoms with Gasteiger partial charge < -0.3 is 11.1 Å². The summed E-state index contributed by atoms with van der Waals surface area (Å²) in [5, 5.41) is 2.83. The van der Waals surface area contributed by atoms with E-state index < -0.39 is 6.04 Å². The van der Waals surface area contributed by atoms with Crippen LogP contribution in [0.15, 0.2) is 42.5 Å². The van der Waals surface area contributed by atoms with Crippen LogP contribution in [0.5, 0.6) is 0 Å². The summed E-state index contributed by atoms with van der Waals surface area (Å²) in [6.45, 7) is 1.68. The van der Waals surface area contributed by atoms with Crippen molar-refractivity contribution < 1.29 is 4.79 Å². The largest absolute Gasteiger partial charge is 0.325 e. The molecular weight excluding hydrogens is 236 g/mol. The fraction of sp³-hybridized carbons (Fsp3) is 0.188. The second kappa shape index (κ2) is 4.52. The first kappa shape index (κ1) is 11.9. The molecule has 1 aliphatic rings. The van der Waals surface area contributed by atoms with Crippen molar-refractivity contribution in [3.05, 3.63) is 53.6 Å². The molecule has 19 heavy (non-hydrogen) atoms. The van der Waals surface area contributed by atoms with Gasteiger partial charge in [0.15, 0.2) is 0 Å². The molecule has 0 fully saturated rings. The van der Waals surface area contributed by atoms with Crippen molar-refractivity contribution in [1.82, 2.24) is 0 Å². The van der Waals surface area contributed by atoms with E-state index >= 15 is 0 Å². The average Bonchev–Trinajstić information content (AvgIpc) is 2.76. The number of anilines is 1. The monoisotopic (exact) mass is 252 g/mol. The Balaban J connectivity index is 1.91. The Morgan fingerprint density at radius 2 is 1.89 bits per heavy atom. The lowest BCUT2D eigenvalue weighted by Gasteiger charge is -2.09. The van der Waals surface area contributed by atoms with E-state index in [4.69, 9.17) is 5.73 Å². The van der Waals surface area contributed by atoms with Crippen molar-refractivity contribution in [2.75, 3.05) is 5.32 Å². The number of fused-ring (bicyclic) bond motifs is 3. The van der Waals surface area contributed by atoms with Crippen LogP contribution in [0.4, 0.5) is 5.69 Å². The van der Waals surface area contributed by atoms with Crippen molar-refractivity contribution in [2.24, 2.45) is 5.73 Å². The number of rotatable bonds is 2. The third kappa shape index (κ3) is 2.13.